The number of rotatable bonds is 4. The summed E-state index contributed by atoms with van der Waals surface area (Å²) < 4.78 is 0. The van der Waals surface area contributed by atoms with Crippen LogP contribution in [-0.4, -0.2) is 19.9 Å². The van der Waals surface area contributed by atoms with Crippen LogP contribution >= 0.6 is 11.6 Å². The molecule has 0 fully saturated rings. The zero-order chi connectivity index (χ0) is 17.1. The quantitative estimate of drug-likeness (QED) is 0.435. The molecule has 0 spiro atoms. The van der Waals surface area contributed by atoms with Gasteiger partial charge >= 0.3 is 0 Å². The van der Waals surface area contributed by atoms with E-state index >= 15 is 0 Å². The number of nitro benzene ring substituents is 1. The lowest BCUT2D eigenvalue weighted by atomic mass is 10.1. The van der Waals surface area contributed by atoms with E-state index in [1.807, 2.05) is 6.07 Å². The predicted octanol–water partition coefficient (Wildman–Crippen LogP) is 4.15. The van der Waals surface area contributed by atoms with E-state index in [0.717, 1.165) is 5.56 Å². The Hall–Kier alpha value is -3.06. The molecule has 2 heterocycles. The number of pyridine rings is 1. The van der Waals surface area contributed by atoms with Crippen molar-refractivity contribution >= 4 is 28.8 Å². The van der Waals surface area contributed by atoms with Crippen LogP contribution in [0.3, 0.4) is 0 Å². The molecule has 24 heavy (non-hydrogen) atoms. The van der Waals surface area contributed by atoms with Crippen LogP contribution in [0.2, 0.25) is 5.15 Å². The van der Waals surface area contributed by atoms with Crippen molar-refractivity contribution in [2.45, 2.75) is 6.92 Å². The van der Waals surface area contributed by atoms with E-state index in [2.05, 4.69) is 20.3 Å². The second-order valence-electron chi connectivity index (χ2n) is 4.97. The Bertz CT molecular complexity index is 902. The Kier molecular flexibility index (Phi) is 4.35. The van der Waals surface area contributed by atoms with Crippen LogP contribution < -0.4 is 5.32 Å². The lowest BCUT2D eigenvalue weighted by Crippen LogP contribution is -2.01. The zero-order valence-corrected chi connectivity index (χ0v) is 13.4. The summed E-state index contributed by atoms with van der Waals surface area (Å²) >= 11 is 6.07. The Labute approximate surface area is 142 Å². The topological polar surface area (TPSA) is 93.8 Å². The summed E-state index contributed by atoms with van der Waals surface area (Å²) in [4.78, 5) is 23.2. The maximum atomic E-state index is 11.0. The number of nitrogens with one attached hydrogen (secondary N) is 1. The third-order valence-electron chi connectivity index (χ3n) is 3.38. The maximum Gasteiger partial charge on any atom is 0.274 e. The third-order valence-corrected chi connectivity index (χ3v) is 3.57. The summed E-state index contributed by atoms with van der Waals surface area (Å²) in [5.41, 5.74) is 1.85. The molecule has 3 aromatic rings. The highest BCUT2D eigenvalue weighted by molar-refractivity contribution is 6.29. The number of hydrogen-bond donors (Lipinski definition) is 1. The molecular formula is C16H12ClN5O2. The van der Waals surface area contributed by atoms with Crippen LogP contribution in [0.15, 0.2) is 48.8 Å². The molecular weight excluding hydrogens is 330 g/mol. The van der Waals surface area contributed by atoms with Gasteiger partial charge in [0.25, 0.3) is 5.69 Å². The first kappa shape index (κ1) is 15.8. The van der Waals surface area contributed by atoms with E-state index in [1.165, 1.54) is 6.07 Å². The molecule has 0 amide bonds. The van der Waals surface area contributed by atoms with Crippen molar-refractivity contribution in [1.82, 2.24) is 15.0 Å². The minimum absolute atomic E-state index is 0.0348. The molecule has 0 aliphatic rings. The molecule has 0 unspecified atom stereocenters. The number of benzene rings is 1. The molecule has 0 aliphatic heterocycles. The van der Waals surface area contributed by atoms with Gasteiger partial charge in [0.1, 0.15) is 11.0 Å². The summed E-state index contributed by atoms with van der Waals surface area (Å²) in [6.07, 6.45) is 3.29. The average Bonchev–Trinajstić information content (AvgIpc) is 2.57. The van der Waals surface area contributed by atoms with Gasteiger partial charge in [0.05, 0.1) is 10.5 Å². The molecule has 0 saturated heterocycles. The van der Waals surface area contributed by atoms with E-state index in [9.17, 15) is 10.1 Å². The number of hydrogen-bond acceptors (Lipinski definition) is 6. The van der Waals surface area contributed by atoms with Crippen LogP contribution in [0.4, 0.5) is 17.2 Å². The van der Waals surface area contributed by atoms with Gasteiger partial charge in [-0.1, -0.05) is 17.7 Å². The fourth-order valence-corrected chi connectivity index (χ4v) is 2.38. The maximum absolute atomic E-state index is 11.0. The minimum Gasteiger partial charge on any atom is -0.340 e. The number of halogens is 1. The third kappa shape index (κ3) is 3.31. The van der Waals surface area contributed by atoms with Gasteiger partial charge in [-0.25, -0.2) is 9.97 Å². The molecule has 0 radical (unpaired) electrons. The molecule has 8 heteroatoms. The number of nitro groups is 1. The largest absolute Gasteiger partial charge is 0.340 e. The molecule has 0 aliphatic carbocycles. The lowest BCUT2D eigenvalue weighted by Gasteiger charge is -2.10. The van der Waals surface area contributed by atoms with Crippen molar-refractivity contribution in [3.05, 3.63) is 69.6 Å². The summed E-state index contributed by atoms with van der Waals surface area (Å²) in [6, 6.07) is 9.95. The summed E-state index contributed by atoms with van der Waals surface area (Å²) in [7, 11) is 0. The summed E-state index contributed by atoms with van der Waals surface area (Å²) in [6.45, 7) is 1.67. The van der Waals surface area contributed by atoms with Crippen LogP contribution in [0.1, 0.15) is 5.56 Å². The molecule has 0 saturated carbocycles. The van der Waals surface area contributed by atoms with Gasteiger partial charge in [-0.3, -0.25) is 15.1 Å². The summed E-state index contributed by atoms with van der Waals surface area (Å²) in [5, 5.41) is 14.4. The highest BCUT2D eigenvalue weighted by atomic mass is 35.5. The highest BCUT2D eigenvalue weighted by Gasteiger charge is 2.14. The SMILES string of the molecule is Cc1c(Nc2cc(Cl)nc(-c3cccnc3)n2)cccc1[N+](=O)[O-]. The van der Waals surface area contributed by atoms with E-state index in [-0.39, 0.29) is 10.8 Å². The predicted molar refractivity (Wildman–Crippen MR) is 91.4 cm³/mol. The molecule has 7 nitrogen and oxygen atoms in total. The van der Waals surface area contributed by atoms with Crippen molar-refractivity contribution in [1.29, 1.82) is 0 Å². The monoisotopic (exact) mass is 341 g/mol. The smallest absolute Gasteiger partial charge is 0.274 e. The van der Waals surface area contributed by atoms with Gasteiger partial charge in [-0.15, -0.1) is 0 Å². The molecule has 120 valence electrons. The Morgan fingerprint density at radius 2 is 2.04 bits per heavy atom. The normalized spacial score (nSPS) is 10.4. The molecule has 1 N–H and O–H groups in total. The first-order valence-electron chi connectivity index (χ1n) is 7.00. The van der Waals surface area contributed by atoms with Gasteiger partial charge in [-0.05, 0) is 25.1 Å². The van der Waals surface area contributed by atoms with Crippen LogP contribution in [0.25, 0.3) is 11.4 Å². The fourth-order valence-electron chi connectivity index (χ4n) is 2.20. The van der Waals surface area contributed by atoms with Crippen molar-refractivity contribution in [2.24, 2.45) is 0 Å². The van der Waals surface area contributed by atoms with Gasteiger partial charge in [-0.2, -0.15) is 0 Å². The Balaban J connectivity index is 1.98. The molecule has 0 bridgehead atoms. The van der Waals surface area contributed by atoms with Crippen molar-refractivity contribution < 1.29 is 4.92 Å². The van der Waals surface area contributed by atoms with Crippen molar-refractivity contribution in [3.8, 4) is 11.4 Å². The van der Waals surface area contributed by atoms with Gasteiger partial charge in [0.15, 0.2) is 5.82 Å². The van der Waals surface area contributed by atoms with E-state index in [4.69, 9.17) is 11.6 Å². The van der Waals surface area contributed by atoms with Crippen molar-refractivity contribution in [2.75, 3.05) is 5.32 Å². The van der Waals surface area contributed by atoms with Gasteiger partial charge < -0.3 is 5.32 Å². The summed E-state index contributed by atoms with van der Waals surface area (Å²) in [5.74, 6) is 0.860. The van der Waals surface area contributed by atoms with Gasteiger partial charge in [0, 0.05) is 35.8 Å². The van der Waals surface area contributed by atoms with Crippen LogP contribution in [0, 0.1) is 17.0 Å². The van der Waals surface area contributed by atoms with E-state index < -0.39 is 4.92 Å². The van der Waals surface area contributed by atoms with E-state index in [1.54, 1.807) is 43.6 Å². The Morgan fingerprint density at radius 3 is 2.75 bits per heavy atom. The standard InChI is InChI=1S/C16H12ClN5O2/c1-10-12(5-2-6-13(10)22(23)24)19-15-8-14(17)20-16(21-15)11-4-3-7-18-9-11/h2-9H,1H3,(H,19,20,21). The molecule has 1 aromatic carbocycles. The Morgan fingerprint density at radius 1 is 1.21 bits per heavy atom. The first-order chi connectivity index (χ1) is 11.5. The second-order valence-corrected chi connectivity index (χ2v) is 5.36. The van der Waals surface area contributed by atoms with Crippen molar-refractivity contribution in [3.63, 3.8) is 0 Å². The fraction of sp³-hybridized carbons (Fsp3) is 0.0625. The van der Waals surface area contributed by atoms with E-state index in [0.29, 0.717) is 22.9 Å². The molecule has 3 rings (SSSR count). The number of nitrogens with zero attached hydrogens (tertiary/aromatic N) is 4. The lowest BCUT2D eigenvalue weighted by molar-refractivity contribution is -0.385. The molecule has 0 atom stereocenters. The van der Waals surface area contributed by atoms with Gasteiger partial charge in [0.2, 0.25) is 0 Å². The average molecular weight is 342 g/mol. The number of aromatic nitrogens is 3. The molecule has 2 aromatic heterocycles. The minimum atomic E-state index is -0.422. The highest BCUT2D eigenvalue weighted by Crippen LogP contribution is 2.28. The van der Waals surface area contributed by atoms with Crippen LogP contribution in [0.5, 0.6) is 0 Å². The zero-order valence-electron chi connectivity index (χ0n) is 12.6. The number of anilines is 2. The second kappa shape index (κ2) is 6.59. The first-order valence-corrected chi connectivity index (χ1v) is 7.38. The van der Waals surface area contributed by atoms with Crippen LogP contribution in [-0.2, 0) is 0 Å².